The zero-order valence-corrected chi connectivity index (χ0v) is 23.5. The average molecular weight is 498 g/mol. The topological polar surface area (TPSA) is 30.2 Å². The van der Waals surface area contributed by atoms with Gasteiger partial charge in [0.2, 0.25) is 0 Å². The molecule has 0 aliphatic heterocycles. The Balaban J connectivity index is 1.68. The molecule has 0 spiro atoms. The third-order valence-corrected chi connectivity index (χ3v) is 7.97. The van der Waals surface area contributed by atoms with E-state index in [0.717, 1.165) is 29.3 Å². The van der Waals surface area contributed by atoms with E-state index in [1.807, 2.05) is 0 Å². The van der Waals surface area contributed by atoms with Gasteiger partial charge in [0, 0.05) is 16.2 Å². The van der Waals surface area contributed by atoms with E-state index in [4.69, 9.17) is 9.97 Å². The van der Waals surface area contributed by atoms with Gasteiger partial charge in [-0.1, -0.05) is 71.9 Å². The minimum absolute atomic E-state index is 0.226. The van der Waals surface area contributed by atoms with E-state index in [9.17, 15) is 0 Å². The zero-order chi connectivity index (χ0) is 26.6. The summed E-state index contributed by atoms with van der Waals surface area (Å²) in [6.07, 6.45) is 3.82. The highest BCUT2D eigenvalue weighted by atomic mass is 14.9. The Morgan fingerprint density at radius 1 is 0.658 bits per heavy atom. The lowest BCUT2D eigenvalue weighted by Crippen LogP contribution is -2.09. The van der Waals surface area contributed by atoms with Crippen LogP contribution in [0.2, 0.25) is 0 Å². The minimum atomic E-state index is 0.226. The lowest BCUT2D eigenvalue weighted by molar-refractivity contribution is 0.411. The Labute approximate surface area is 223 Å². The van der Waals surface area contributed by atoms with Crippen LogP contribution < -0.4 is 0 Å². The molecule has 0 saturated heterocycles. The number of pyridine rings is 1. The van der Waals surface area contributed by atoms with Crippen LogP contribution in [0.5, 0.6) is 0 Å². The van der Waals surface area contributed by atoms with E-state index in [2.05, 4.69) is 107 Å². The molecule has 3 heteroatoms. The first-order valence-corrected chi connectivity index (χ1v) is 13.8. The first-order valence-electron chi connectivity index (χ1n) is 13.8. The van der Waals surface area contributed by atoms with Gasteiger partial charge in [0.05, 0.1) is 33.0 Å². The number of nitrogens with zero attached hydrogens (tertiary/aromatic N) is 3. The van der Waals surface area contributed by atoms with Crippen molar-refractivity contribution in [1.82, 2.24) is 14.4 Å². The molecular weight excluding hydrogens is 462 g/mol. The van der Waals surface area contributed by atoms with Crippen LogP contribution in [0.1, 0.15) is 58.2 Å². The number of hydrogen-bond acceptors (Lipinski definition) is 2. The predicted octanol–water partition coefficient (Wildman–Crippen LogP) is 9.42. The van der Waals surface area contributed by atoms with Crippen molar-refractivity contribution < 1.29 is 0 Å². The molecule has 7 rings (SSSR count). The number of fused-ring (bicyclic) bond motifs is 7. The molecule has 38 heavy (non-hydrogen) atoms. The molecular formula is C35H35N3. The summed E-state index contributed by atoms with van der Waals surface area (Å²) in [7, 11) is 0. The summed E-state index contributed by atoms with van der Waals surface area (Å²) in [5, 5.41) is 7.53. The lowest BCUT2D eigenvalue weighted by atomic mass is 9.87. The molecule has 0 bridgehead atoms. The maximum absolute atomic E-state index is 4.90. The molecule has 0 unspecified atom stereocenters. The molecule has 0 aliphatic rings. The van der Waals surface area contributed by atoms with Crippen molar-refractivity contribution in [3.05, 3.63) is 77.6 Å². The highest BCUT2D eigenvalue weighted by molar-refractivity contribution is 6.28. The molecule has 0 atom stereocenters. The van der Waals surface area contributed by atoms with Crippen LogP contribution in [0, 0.1) is 17.8 Å². The van der Waals surface area contributed by atoms with E-state index in [1.54, 1.807) is 6.33 Å². The average Bonchev–Trinajstić information content (AvgIpc) is 3.15. The SMILES string of the molecule is Cc1c2ccc(CC(C)(C)C)cc2cc2c3ncnc4ccc5c6ccc(CC(C)(C)C)cc6n(c12)c5c43. The number of rotatable bonds is 2. The Bertz CT molecular complexity index is 2040. The van der Waals surface area contributed by atoms with Crippen molar-refractivity contribution >= 4 is 59.9 Å². The predicted molar refractivity (Wildman–Crippen MR) is 163 cm³/mol. The molecule has 190 valence electrons. The largest absolute Gasteiger partial charge is 0.307 e. The maximum Gasteiger partial charge on any atom is 0.116 e. The van der Waals surface area contributed by atoms with Gasteiger partial charge in [0.1, 0.15) is 6.33 Å². The van der Waals surface area contributed by atoms with Crippen LogP contribution in [-0.4, -0.2) is 14.4 Å². The van der Waals surface area contributed by atoms with E-state index in [1.165, 1.54) is 60.2 Å². The normalized spacial score (nSPS) is 13.3. The fourth-order valence-electron chi connectivity index (χ4n) is 6.67. The fourth-order valence-corrected chi connectivity index (χ4v) is 6.67. The molecule has 7 aromatic rings. The van der Waals surface area contributed by atoms with Gasteiger partial charge >= 0.3 is 0 Å². The first kappa shape index (κ1) is 23.4. The third kappa shape index (κ3) is 3.48. The Hall–Kier alpha value is -3.72. The number of benzene rings is 4. The second-order valence-electron chi connectivity index (χ2n) is 13.7. The quantitative estimate of drug-likeness (QED) is 0.176. The van der Waals surface area contributed by atoms with Gasteiger partial charge in [0.15, 0.2) is 0 Å². The molecule has 0 amide bonds. The van der Waals surface area contributed by atoms with Crippen LogP contribution in [0.25, 0.3) is 59.9 Å². The van der Waals surface area contributed by atoms with Crippen LogP contribution >= 0.6 is 0 Å². The summed E-state index contributed by atoms with van der Waals surface area (Å²) >= 11 is 0. The number of aryl methyl sites for hydroxylation is 1. The molecule has 3 nitrogen and oxygen atoms in total. The van der Waals surface area contributed by atoms with Gasteiger partial charge in [-0.15, -0.1) is 0 Å². The van der Waals surface area contributed by atoms with E-state index in [0.29, 0.717) is 0 Å². The van der Waals surface area contributed by atoms with Crippen LogP contribution in [0.15, 0.2) is 60.9 Å². The van der Waals surface area contributed by atoms with Gasteiger partial charge in [0.25, 0.3) is 0 Å². The molecule has 3 aromatic heterocycles. The Morgan fingerprint density at radius 3 is 2.03 bits per heavy atom. The second kappa shape index (κ2) is 7.66. The van der Waals surface area contributed by atoms with Crippen molar-refractivity contribution in [2.24, 2.45) is 10.8 Å². The zero-order valence-electron chi connectivity index (χ0n) is 23.5. The number of aromatic nitrogens is 3. The van der Waals surface area contributed by atoms with Crippen LogP contribution in [0.4, 0.5) is 0 Å². The van der Waals surface area contributed by atoms with Gasteiger partial charge in [-0.05, 0) is 82.3 Å². The van der Waals surface area contributed by atoms with Gasteiger partial charge < -0.3 is 4.40 Å². The van der Waals surface area contributed by atoms with Crippen molar-refractivity contribution in [2.45, 2.75) is 61.3 Å². The van der Waals surface area contributed by atoms with Crippen molar-refractivity contribution in [2.75, 3.05) is 0 Å². The third-order valence-electron chi connectivity index (χ3n) is 7.97. The second-order valence-corrected chi connectivity index (χ2v) is 13.7. The lowest BCUT2D eigenvalue weighted by Gasteiger charge is -2.20. The molecule has 0 aliphatic carbocycles. The van der Waals surface area contributed by atoms with Crippen LogP contribution in [0.3, 0.4) is 0 Å². The summed E-state index contributed by atoms with van der Waals surface area (Å²) in [6, 6.07) is 20.9. The van der Waals surface area contributed by atoms with E-state index >= 15 is 0 Å². The van der Waals surface area contributed by atoms with Crippen molar-refractivity contribution in [3.8, 4) is 0 Å². The minimum Gasteiger partial charge on any atom is -0.307 e. The van der Waals surface area contributed by atoms with Gasteiger partial charge in [-0.3, -0.25) is 0 Å². The number of hydrogen-bond donors (Lipinski definition) is 0. The Morgan fingerprint density at radius 2 is 1.32 bits per heavy atom. The maximum atomic E-state index is 4.90. The molecule has 0 fully saturated rings. The van der Waals surface area contributed by atoms with Crippen LogP contribution in [-0.2, 0) is 12.8 Å². The summed E-state index contributed by atoms with van der Waals surface area (Å²) < 4.78 is 2.52. The summed E-state index contributed by atoms with van der Waals surface area (Å²) in [5.74, 6) is 0. The molecule has 0 N–H and O–H groups in total. The summed E-state index contributed by atoms with van der Waals surface area (Å²) in [4.78, 5) is 9.59. The van der Waals surface area contributed by atoms with Gasteiger partial charge in [-0.25, -0.2) is 9.97 Å². The van der Waals surface area contributed by atoms with Crippen molar-refractivity contribution in [1.29, 1.82) is 0 Å². The molecule has 0 radical (unpaired) electrons. The fraction of sp³-hybridized carbons (Fsp3) is 0.314. The molecule has 4 aromatic carbocycles. The van der Waals surface area contributed by atoms with Crippen molar-refractivity contribution in [3.63, 3.8) is 0 Å². The van der Waals surface area contributed by atoms with Gasteiger partial charge in [-0.2, -0.15) is 0 Å². The molecule has 3 heterocycles. The van der Waals surface area contributed by atoms with E-state index < -0.39 is 0 Å². The van der Waals surface area contributed by atoms with E-state index in [-0.39, 0.29) is 10.8 Å². The first-order chi connectivity index (χ1) is 18.0. The summed E-state index contributed by atoms with van der Waals surface area (Å²) in [6.45, 7) is 16.1. The highest BCUT2D eigenvalue weighted by Crippen LogP contribution is 2.43. The smallest absolute Gasteiger partial charge is 0.116 e. The highest BCUT2D eigenvalue weighted by Gasteiger charge is 2.22. The standard InChI is InChI=1S/C35H35N3/c1-20-24-10-8-21(17-34(2,3)4)14-23(24)16-27-31-30-28(36-19-37-31)13-12-26-25-11-9-22(18-35(5,6)7)15-29(25)38(32(20)27)33(26)30/h8-16,19H,17-18H2,1-7H3. The monoisotopic (exact) mass is 497 g/mol. The Kier molecular flexibility index (Phi) is 4.72. The molecule has 0 saturated carbocycles. The summed E-state index contributed by atoms with van der Waals surface area (Å²) in [5.41, 5.74) is 10.4.